The molecule has 0 aliphatic rings. The van der Waals surface area contributed by atoms with Crippen molar-refractivity contribution in [1.29, 1.82) is 0 Å². The van der Waals surface area contributed by atoms with E-state index in [-0.39, 0.29) is 11.8 Å². The van der Waals surface area contributed by atoms with Gasteiger partial charge in [-0.3, -0.25) is 4.79 Å². The van der Waals surface area contributed by atoms with E-state index in [9.17, 15) is 4.79 Å². The topological polar surface area (TPSA) is 20.3 Å². The fraction of sp³-hybridized carbons (Fsp3) is 0.722. The molecule has 0 unspecified atom stereocenters. The van der Waals surface area contributed by atoms with Gasteiger partial charge in [0, 0.05) is 19.0 Å². The Morgan fingerprint density at radius 3 is 2.30 bits per heavy atom. The summed E-state index contributed by atoms with van der Waals surface area (Å²) in [5.41, 5.74) is 2.75. The van der Waals surface area contributed by atoms with E-state index in [1.807, 2.05) is 18.7 Å². The highest BCUT2D eigenvalue weighted by molar-refractivity contribution is 5.78. The molecule has 20 heavy (non-hydrogen) atoms. The van der Waals surface area contributed by atoms with Crippen LogP contribution in [0.15, 0.2) is 23.3 Å². The lowest BCUT2D eigenvalue weighted by Crippen LogP contribution is -2.35. The molecule has 0 aliphatic heterocycles. The third kappa shape index (κ3) is 8.95. The summed E-state index contributed by atoms with van der Waals surface area (Å²) in [5, 5.41) is 0. The first-order valence-corrected chi connectivity index (χ1v) is 7.96. The normalized spacial score (nSPS) is 11.7. The Kier molecular flexibility index (Phi) is 10.1. The third-order valence-electron chi connectivity index (χ3n) is 3.34. The van der Waals surface area contributed by atoms with E-state index >= 15 is 0 Å². The molecular weight excluding hydrogens is 246 g/mol. The number of amides is 1. The molecule has 0 saturated heterocycles. The summed E-state index contributed by atoms with van der Waals surface area (Å²) in [5.74, 6) is 0.359. The molecule has 2 heteroatoms. The zero-order valence-corrected chi connectivity index (χ0v) is 14.3. The van der Waals surface area contributed by atoms with Crippen molar-refractivity contribution >= 4 is 5.91 Å². The Bertz CT molecular complexity index is 335. The average Bonchev–Trinajstić information content (AvgIpc) is 2.37. The van der Waals surface area contributed by atoms with Gasteiger partial charge in [-0.2, -0.15) is 0 Å². The van der Waals surface area contributed by atoms with Crippen molar-refractivity contribution in [3.63, 3.8) is 0 Å². The van der Waals surface area contributed by atoms with Crippen molar-refractivity contribution < 1.29 is 4.79 Å². The molecule has 0 aromatic rings. The van der Waals surface area contributed by atoms with E-state index in [1.165, 1.54) is 11.1 Å². The fourth-order valence-corrected chi connectivity index (χ4v) is 1.96. The molecule has 0 N–H and O–H groups in total. The average molecular weight is 279 g/mol. The van der Waals surface area contributed by atoms with Crippen LogP contribution in [0.4, 0.5) is 0 Å². The highest BCUT2D eigenvalue weighted by atomic mass is 16.2. The van der Waals surface area contributed by atoms with Crippen LogP contribution >= 0.6 is 0 Å². The van der Waals surface area contributed by atoms with E-state index in [4.69, 9.17) is 0 Å². The van der Waals surface area contributed by atoms with Gasteiger partial charge < -0.3 is 4.90 Å². The van der Waals surface area contributed by atoms with Crippen molar-refractivity contribution in [3.05, 3.63) is 23.3 Å². The van der Waals surface area contributed by atoms with Gasteiger partial charge in [0.25, 0.3) is 0 Å². The summed E-state index contributed by atoms with van der Waals surface area (Å²) in [7, 11) is 0. The van der Waals surface area contributed by atoms with Crippen LogP contribution in [-0.2, 0) is 4.79 Å². The van der Waals surface area contributed by atoms with Crippen LogP contribution in [0, 0.1) is 5.92 Å². The molecule has 0 aliphatic carbocycles. The third-order valence-corrected chi connectivity index (χ3v) is 3.34. The highest BCUT2D eigenvalue weighted by Gasteiger charge is 2.15. The maximum Gasteiger partial charge on any atom is 0.225 e. The molecule has 116 valence electrons. The minimum absolute atomic E-state index is 0.0891. The first kappa shape index (κ1) is 18.9. The predicted molar refractivity (Wildman–Crippen MR) is 88.7 cm³/mol. The number of hydrogen-bond donors (Lipinski definition) is 0. The molecule has 0 rings (SSSR count). The predicted octanol–water partition coefficient (Wildman–Crippen LogP) is 4.96. The molecule has 0 heterocycles. The number of hydrogen-bond acceptors (Lipinski definition) is 1. The Balaban J connectivity index is 4.41. The summed E-state index contributed by atoms with van der Waals surface area (Å²) < 4.78 is 0. The lowest BCUT2D eigenvalue weighted by atomic mass is 10.1. The standard InChI is InChI=1S/C18H33NO/c1-7-8-13-19(18(20)16(4)5)14-12-17(6)11-9-10-15(2)3/h10,12,16H,7-9,11,13-14H2,1-6H3/b17-12-. The van der Waals surface area contributed by atoms with Crippen molar-refractivity contribution in [2.24, 2.45) is 5.92 Å². The largest absolute Gasteiger partial charge is 0.339 e. The summed E-state index contributed by atoms with van der Waals surface area (Å²) >= 11 is 0. The molecule has 0 aromatic carbocycles. The molecule has 0 fully saturated rings. The van der Waals surface area contributed by atoms with Crippen LogP contribution in [-0.4, -0.2) is 23.9 Å². The van der Waals surface area contributed by atoms with E-state index in [0.717, 1.165) is 38.8 Å². The first-order chi connectivity index (χ1) is 9.38. The van der Waals surface area contributed by atoms with Crippen LogP contribution < -0.4 is 0 Å². The Labute approximate surface area is 125 Å². The number of rotatable bonds is 9. The van der Waals surface area contributed by atoms with Gasteiger partial charge in [0.1, 0.15) is 0 Å². The molecule has 0 bridgehead atoms. The minimum atomic E-state index is 0.0891. The second-order valence-corrected chi connectivity index (χ2v) is 6.16. The zero-order valence-electron chi connectivity index (χ0n) is 14.3. The van der Waals surface area contributed by atoms with Crippen LogP contribution in [0.3, 0.4) is 0 Å². The minimum Gasteiger partial charge on any atom is -0.339 e. The quantitative estimate of drug-likeness (QED) is 0.546. The second-order valence-electron chi connectivity index (χ2n) is 6.16. The number of nitrogens with zero attached hydrogens (tertiary/aromatic N) is 1. The molecule has 1 amide bonds. The van der Waals surface area contributed by atoms with Crippen molar-refractivity contribution in [1.82, 2.24) is 4.90 Å². The number of carbonyl (C=O) groups is 1. The van der Waals surface area contributed by atoms with Gasteiger partial charge in [-0.25, -0.2) is 0 Å². The number of carbonyl (C=O) groups excluding carboxylic acids is 1. The van der Waals surface area contributed by atoms with E-state index < -0.39 is 0 Å². The van der Waals surface area contributed by atoms with Gasteiger partial charge in [0.2, 0.25) is 5.91 Å². The van der Waals surface area contributed by atoms with Gasteiger partial charge in [-0.15, -0.1) is 0 Å². The monoisotopic (exact) mass is 279 g/mol. The van der Waals surface area contributed by atoms with Crippen molar-refractivity contribution in [2.45, 2.75) is 67.2 Å². The fourth-order valence-electron chi connectivity index (χ4n) is 1.96. The van der Waals surface area contributed by atoms with E-state index in [1.54, 1.807) is 0 Å². The van der Waals surface area contributed by atoms with Crippen molar-refractivity contribution in [3.8, 4) is 0 Å². The summed E-state index contributed by atoms with van der Waals surface area (Å²) in [4.78, 5) is 14.2. The summed E-state index contributed by atoms with van der Waals surface area (Å²) in [6, 6.07) is 0. The van der Waals surface area contributed by atoms with Gasteiger partial charge in [-0.1, -0.05) is 50.5 Å². The molecule has 0 radical (unpaired) electrons. The SMILES string of the molecule is CCCCN(C/C=C(/C)CCC=C(C)C)C(=O)C(C)C. The molecule has 0 atom stereocenters. The first-order valence-electron chi connectivity index (χ1n) is 7.96. The van der Waals surface area contributed by atoms with Gasteiger partial charge in [0.15, 0.2) is 0 Å². The summed E-state index contributed by atoms with van der Waals surface area (Å²) in [6.45, 7) is 14.2. The van der Waals surface area contributed by atoms with E-state index in [0.29, 0.717) is 0 Å². The van der Waals surface area contributed by atoms with Gasteiger partial charge in [0.05, 0.1) is 0 Å². The van der Waals surface area contributed by atoms with Crippen LogP contribution in [0.2, 0.25) is 0 Å². The van der Waals surface area contributed by atoms with Crippen LogP contribution in [0.5, 0.6) is 0 Å². The lowest BCUT2D eigenvalue weighted by Gasteiger charge is -2.23. The maximum atomic E-state index is 12.2. The number of allylic oxidation sites excluding steroid dienone is 3. The van der Waals surface area contributed by atoms with Gasteiger partial charge >= 0.3 is 0 Å². The summed E-state index contributed by atoms with van der Waals surface area (Å²) in [6.07, 6.45) is 8.88. The molecular formula is C18H33NO. The molecule has 0 aromatic heterocycles. The Morgan fingerprint density at radius 1 is 1.15 bits per heavy atom. The second kappa shape index (κ2) is 10.7. The van der Waals surface area contributed by atoms with E-state index in [2.05, 4.69) is 39.8 Å². The smallest absolute Gasteiger partial charge is 0.225 e. The van der Waals surface area contributed by atoms with Crippen LogP contribution in [0.25, 0.3) is 0 Å². The molecule has 0 saturated carbocycles. The lowest BCUT2D eigenvalue weighted by molar-refractivity contribution is -0.134. The molecule has 2 nitrogen and oxygen atoms in total. The zero-order chi connectivity index (χ0) is 15.5. The Hall–Kier alpha value is -1.05. The number of unbranched alkanes of at least 4 members (excludes halogenated alkanes) is 1. The van der Waals surface area contributed by atoms with Crippen molar-refractivity contribution in [2.75, 3.05) is 13.1 Å². The highest BCUT2D eigenvalue weighted by Crippen LogP contribution is 2.09. The van der Waals surface area contributed by atoms with Gasteiger partial charge in [-0.05, 0) is 40.0 Å². The van der Waals surface area contributed by atoms with Crippen LogP contribution in [0.1, 0.15) is 67.2 Å². The Morgan fingerprint density at radius 2 is 1.80 bits per heavy atom. The maximum absolute atomic E-state index is 12.2. The molecule has 0 spiro atoms.